The number of nitrogens with zero attached hydrogens (tertiary/aromatic N) is 1. The molecule has 10 heteroatoms. The lowest BCUT2D eigenvalue weighted by Crippen LogP contribution is -2.54. The van der Waals surface area contributed by atoms with Gasteiger partial charge in [0.25, 0.3) is 0 Å². The maximum Gasteiger partial charge on any atom is 0.329 e. The summed E-state index contributed by atoms with van der Waals surface area (Å²) in [4.78, 5) is 43.1. The van der Waals surface area contributed by atoms with Crippen LogP contribution in [-0.4, -0.2) is 93.9 Å². The fraction of sp³-hybridized carbons (Fsp3) is 0.761. The van der Waals surface area contributed by atoms with Gasteiger partial charge in [0.2, 0.25) is 5.91 Å². The number of ether oxygens (including phenoxy) is 3. The minimum Gasteiger partial charge on any atom is -0.460 e. The molecule has 0 spiro atoms. The van der Waals surface area contributed by atoms with E-state index in [4.69, 9.17) is 14.2 Å². The van der Waals surface area contributed by atoms with Crippen LogP contribution in [0.3, 0.4) is 0 Å². The summed E-state index contributed by atoms with van der Waals surface area (Å²) in [5, 5.41) is 33.1. The number of amides is 1. The Balaban J connectivity index is 1.61. The number of methoxy groups -OCH3 is 1. The first kappa shape index (κ1) is 46.1. The number of aliphatic hydroxyl groups is 3. The molecule has 0 aromatic rings. The number of hydrogen-bond donors (Lipinski definition) is 3. The van der Waals surface area contributed by atoms with Crippen LogP contribution < -0.4 is 0 Å². The van der Waals surface area contributed by atoms with Gasteiger partial charge in [0, 0.05) is 44.8 Å². The van der Waals surface area contributed by atoms with Crippen molar-refractivity contribution in [3.8, 4) is 0 Å². The number of Topliss-reactive ketones (excluding diaryl/α,β-unsaturated/α-hetero) is 1. The van der Waals surface area contributed by atoms with Crippen molar-refractivity contribution >= 4 is 17.7 Å². The number of fused-ring (bicyclic) bond motifs is 3. The Morgan fingerprint density at radius 1 is 0.929 bits per heavy atom. The molecule has 4 rings (SSSR count). The Morgan fingerprint density at radius 3 is 2.38 bits per heavy atom. The van der Waals surface area contributed by atoms with Crippen molar-refractivity contribution < 1.29 is 43.9 Å². The average molecular weight is 784 g/mol. The molecule has 0 aromatic carbocycles. The van der Waals surface area contributed by atoms with E-state index >= 15 is 0 Å². The predicted octanol–water partition coefficient (Wildman–Crippen LogP) is 7.55. The van der Waals surface area contributed by atoms with Crippen molar-refractivity contribution in [2.24, 2.45) is 29.6 Å². The Hall–Kier alpha value is -2.63. The van der Waals surface area contributed by atoms with Crippen molar-refractivity contribution in [3.63, 3.8) is 0 Å². The molecule has 3 N–H and O–H groups in total. The van der Waals surface area contributed by atoms with Crippen LogP contribution in [0.1, 0.15) is 138 Å². The zero-order valence-electron chi connectivity index (χ0n) is 35.4. The molecule has 2 bridgehead atoms. The quantitative estimate of drug-likeness (QED) is 0.195. The fourth-order valence-corrected chi connectivity index (χ4v) is 9.08. The number of rotatable bonds is 4. The highest BCUT2D eigenvalue weighted by molar-refractivity contribution is 5.85. The molecule has 3 fully saturated rings. The predicted molar refractivity (Wildman–Crippen MR) is 218 cm³/mol. The number of piperidine rings is 1. The van der Waals surface area contributed by atoms with Gasteiger partial charge in [-0.2, -0.15) is 0 Å². The minimum absolute atomic E-state index is 0.00740. The lowest BCUT2D eigenvalue weighted by atomic mass is 9.80. The molecule has 0 radical (unpaired) electrons. The van der Waals surface area contributed by atoms with Gasteiger partial charge in [-0.15, -0.1) is 0 Å². The summed E-state index contributed by atoms with van der Waals surface area (Å²) in [6.07, 6.45) is 18.6. The molecule has 3 aliphatic heterocycles. The largest absolute Gasteiger partial charge is 0.460 e. The maximum atomic E-state index is 14.2. The molecule has 56 heavy (non-hydrogen) atoms. The van der Waals surface area contributed by atoms with Crippen molar-refractivity contribution in [1.29, 1.82) is 0 Å². The molecule has 0 aromatic heterocycles. The highest BCUT2D eigenvalue weighted by Crippen LogP contribution is 2.38. The van der Waals surface area contributed by atoms with Gasteiger partial charge in [-0.1, -0.05) is 64.2 Å². The average Bonchev–Trinajstić information content (AvgIpc) is 3.16. The lowest BCUT2D eigenvalue weighted by Gasteiger charge is -2.44. The standard InChI is InChI=1S/C46H73NO9/c1-30-13-9-8-10-14-32(3)43(54-7)27-38-22-17-35(6)46(53,56-38)29-44(51)47-24-12-11-15-39(47)45(52)55-42(34(5)26-36-18-20-37(48)21-19-36)23-16-31(2)40(49)28-41(50)33(4)25-30/h8-10,13-14,16,30,33-40,42-43,48-49,53H,11-12,15,17-29H2,1-7H3/b10-8+,13-9+,31-16+,32-14+/t30-,33-,34-,35-,36-,37-,38+,39+,40+,42+,43+,46+/m1/s1. The van der Waals surface area contributed by atoms with Crippen LogP contribution in [0.4, 0.5) is 0 Å². The number of ketones is 1. The van der Waals surface area contributed by atoms with Gasteiger partial charge in [-0.3, -0.25) is 9.59 Å². The van der Waals surface area contributed by atoms with Gasteiger partial charge in [0.05, 0.1) is 30.8 Å². The number of aliphatic hydroxyl groups excluding tert-OH is 2. The van der Waals surface area contributed by atoms with Crippen LogP contribution in [0.2, 0.25) is 0 Å². The highest BCUT2D eigenvalue weighted by atomic mass is 16.6. The van der Waals surface area contributed by atoms with E-state index in [1.54, 1.807) is 12.0 Å². The molecule has 3 heterocycles. The van der Waals surface area contributed by atoms with Crippen molar-refractivity contribution in [2.75, 3.05) is 13.7 Å². The van der Waals surface area contributed by atoms with Gasteiger partial charge in [0.1, 0.15) is 17.9 Å². The Morgan fingerprint density at radius 2 is 1.66 bits per heavy atom. The van der Waals surface area contributed by atoms with Crippen molar-refractivity contribution in [1.82, 2.24) is 4.90 Å². The number of hydrogen-bond acceptors (Lipinski definition) is 9. The summed E-state index contributed by atoms with van der Waals surface area (Å²) >= 11 is 0. The molecule has 4 aliphatic rings. The molecule has 1 saturated carbocycles. The van der Waals surface area contributed by atoms with Crippen LogP contribution in [0.25, 0.3) is 0 Å². The van der Waals surface area contributed by atoms with Crippen LogP contribution in [-0.2, 0) is 28.6 Å². The Labute approximate surface area is 336 Å². The number of allylic oxidation sites excluding steroid dienone is 5. The third-order valence-electron chi connectivity index (χ3n) is 13.1. The summed E-state index contributed by atoms with van der Waals surface area (Å²) in [7, 11) is 1.66. The van der Waals surface area contributed by atoms with E-state index in [-0.39, 0.29) is 66.5 Å². The zero-order valence-corrected chi connectivity index (χ0v) is 35.4. The van der Waals surface area contributed by atoms with E-state index < -0.39 is 30.0 Å². The first-order valence-electron chi connectivity index (χ1n) is 21.6. The van der Waals surface area contributed by atoms with Gasteiger partial charge < -0.3 is 34.4 Å². The topological polar surface area (TPSA) is 143 Å². The molecular formula is C46H73NO9. The van der Waals surface area contributed by atoms with Gasteiger partial charge >= 0.3 is 5.97 Å². The Kier molecular flexibility index (Phi) is 18.0. The summed E-state index contributed by atoms with van der Waals surface area (Å²) in [6, 6.07) is -0.776. The smallest absolute Gasteiger partial charge is 0.329 e. The lowest BCUT2D eigenvalue weighted by molar-refractivity contribution is -0.284. The molecule has 1 aliphatic carbocycles. The first-order chi connectivity index (χ1) is 26.6. The van der Waals surface area contributed by atoms with Crippen LogP contribution >= 0.6 is 0 Å². The van der Waals surface area contributed by atoms with E-state index in [1.165, 1.54) is 0 Å². The van der Waals surface area contributed by atoms with E-state index in [0.717, 1.165) is 56.9 Å². The van der Waals surface area contributed by atoms with E-state index in [2.05, 4.69) is 19.9 Å². The van der Waals surface area contributed by atoms with Crippen LogP contribution in [0, 0.1) is 29.6 Å². The normalized spacial score (nSPS) is 40.5. The second kappa shape index (κ2) is 21.9. The van der Waals surface area contributed by atoms with Crippen LogP contribution in [0.5, 0.6) is 0 Å². The van der Waals surface area contributed by atoms with E-state index in [9.17, 15) is 29.7 Å². The van der Waals surface area contributed by atoms with Crippen molar-refractivity contribution in [2.45, 2.75) is 180 Å². The molecule has 2 saturated heterocycles. The molecule has 10 atom stereocenters. The number of carbonyl (C=O) groups excluding carboxylic acids is 3. The summed E-state index contributed by atoms with van der Waals surface area (Å²) < 4.78 is 18.6. The monoisotopic (exact) mass is 784 g/mol. The summed E-state index contributed by atoms with van der Waals surface area (Å²) in [5.41, 5.74) is 1.67. The number of carbonyl (C=O) groups is 3. The van der Waals surface area contributed by atoms with E-state index in [0.29, 0.717) is 50.1 Å². The third kappa shape index (κ3) is 13.5. The van der Waals surface area contributed by atoms with Gasteiger partial charge in [0.15, 0.2) is 5.79 Å². The molecule has 316 valence electrons. The Bertz CT molecular complexity index is 1410. The number of cyclic esters (lactones) is 1. The van der Waals surface area contributed by atoms with Gasteiger partial charge in [-0.25, -0.2) is 4.79 Å². The SMILES string of the molecule is CO[C@H]1C[C@@H]2CC[C@@H](C)[C@](O)(CC(=O)N3CCCC[C@H]3C(=O)O[C@H]([C@H](C)C[C@H]3CC[C@H](O)CC3)C/C=C(\C)[C@@H](O)CC(=O)[C@H](C)C[C@H](C)/C=C/C=C/C=C/1C)O2. The second-order valence-corrected chi connectivity index (χ2v) is 17.8. The first-order valence-corrected chi connectivity index (χ1v) is 21.6. The second-order valence-electron chi connectivity index (χ2n) is 17.8. The summed E-state index contributed by atoms with van der Waals surface area (Å²) in [6.45, 7) is 12.2. The third-order valence-corrected chi connectivity index (χ3v) is 13.1. The molecule has 1 amide bonds. The summed E-state index contributed by atoms with van der Waals surface area (Å²) in [5.74, 6) is -2.40. The molecule has 10 nitrogen and oxygen atoms in total. The minimum atomic E-state index is -1.68. The van der Waals surface area contributed by atoms with E-state index in [1.807, 2.05) is 58.1 Å². The highest BCUT2D eigenvalue weighted by Gasteiger charge is 2.46. The van der Waals surface area contributed by atoms with Crippen LogP contribution in [0.15, 0.2) is 47.6 Å². The number of esters is 1. The maximum absolute atomic E-state index is 14.2. The van der Waals surface area contributed by atoms with Gasteiger partial charge in [-0.05, 0) is 113 Å². The fourth-order valence-electron chi connectivity index (χ4n) is 9.08. The van der Waals surface area contributed by atoms with Crippen molar-refractivity contribution in [3.05, 3.63) is 47.6 Å². The molecule has 0 unspecified atom stereocenters. The molecular weight excluding hydrogens is 711 g/mol. The zero-order chi connectivity index (χ0) is 41.0.